The first-order valence-electron chi connectivity index (χ1n) is 14.0. The topological polar surface area (TPSA) is 31.8 Å². The fraction of sp³-hybridized carbons (Fsp3) is 0.500. The molecule has 3 rings (SSSR count). The van der Waals surface area contributed by atoms with Gasteiger partial charge < -0.3 is 5.53 Å². The maximum atomic E-state index is 10.7. The van der Waals surface area contributed by atoms with Crippen LogP contribution in [0.25, 0.3) is 16.9 Å². The average Bonchev–Trinajstić information content (AvgIpc) is 3.31. The zero-order valence-corrected chi connectivity index (χ0v) is 24.9. The van der Waals surface area contributed by atoms with Gasteiger partial charge in [0.15, 0.2) is 0 Å². The molecule has 206 valence electrons. The van der Waals surface area contributed by atoms with Crippen LogP contribution in [0.5, 0.6) is 0 Å². The van der Waals surface area contributed by atoms with Crippen molar-refractivity contribution in [2.75, 3.05) is 27.2 Å². The van der Waals surface area contributed by atoms with Gasteiger partial charge in [-0.3, -0.25) is 0 Å². The molecule has 0 radical (unpaired) electrons. The van der Waals surface area contributed by atoms with Crippen LogP contribution in [0.1, 0.15) is 88.5 Å². The Hall–Kier alpha value is -2.07. The van der Waals surface area contributed by atoms with E-state index in [4.69, 9.17) is 0 Å². The molecule has 1 aliphatic rings. The molecule has 0 bridgehead atoms. The van der Waals surface area contributed by atoms with Crippen LogP contribution in [0.4, 0.5) is 0 Å². The molecule has 0 aromatic heterocycles. The van der Waals surface area contributed by atoms with Gasteiger partial charge in [0.25, 0.3) is 0 Å². The van der Waals surface area contributed by atoms with Gasteiger partial charge >= 0.3 is 63.9 Å². The van der Waals surface area contributed by atoms with Gasteiger partial charge in [-0.05, 0) is 61.1 Å². The molecule has 2 aromatic carbocycles. The summed E-state index contributed by atoms with van der Waals surface area (Å²) in [4.78, 5) is 0. The zero-order valence-electron chi connectivity index (χ0n) is 23.9. The van der Waals surface area contributed by atoms with Gasteiger partial charge in [-0.2, -0.15) is 0 Å². The summed E-state index contributed by atoms with van der Waals surface area (Å²) in [7, 11) is 4.21. The molecule has 0 saturated carbocycles. The van der Waals surface area contributed by atoms with Crippen LogP contribution in [-0.2, 0) is 27.7 Å². The maximum absolute atomic E-state index is 10.7. The van der Waals surface area contributed by atoms with Gasteiger partial charge in [-0.15, -0.1) is 0 Å². The monoisotopic (exact) mass is 546 g/mol. The Balaban J connectivity index is 0.000000458. The molecular formula is C32H48N4Ni. The van der Waals surface area contributed by atoms with Crippen LogP contribution in [0.15, 0.2) is 60.7 Å². The normalized spacial score (nSPS) is 13.1. The van der Waals surface area contributed by atoms with E-state index in [1.807, 2.05) is 12.2 Å². The predicted octanol–water partition coefficient (Wildman–Crippen LogP) is 8.38. The molecule has 4 nitrogen and oxygen atoms in total. The van der Waals surface area contributed by atoms with Crippen molar-refractivity contribution < 1.29 is 19.6 Å². The van der Waals surface area contributed by atoms with Crippen LogP contribution >= 0.6 is 0 Å². The van der Waals surface area contributed by atoms with Crippen LogP contribution in [0.3, 0.4) is 0 Å². The summed E-state index contributed by atoms with van der Waals surface area (Å²) >= 11 is 1.59. The summed E-state index contributed by atoms with van der Waals surface area (Å²) < 4.78 is 5.75. The van der Waals surface area contributed by atoms with Gasteiger partial charge in [0.05, 0.1) is 0 Å². The van der Waals surface area contributed by atoms with Crippen molar-refractivity contribution in [3.8, 4) is 0 Å². The van der Waals surface area contributed by atoms with Gasteiger partial charge in [0.2, 0.25) is 11.4 Å². The molecular weight excluding hydrogens is 499 g/mol. The number of allylic oxidation sites excluding steroid dienone is 2. The second-order valence-electron chi connectivity index (χ2n) is 9.53. The molecule has 0 spiro atoms. The van der Waals surface area contributed by atoms with E-state index in [2.05, 4.69) is 98.3 Å². The molecule has 2 aromatic rings. The first kappa shape index (κ1) is 31.2. The van der Waals surface area contributed by atoms with E-state index >= 15 is 0 Å². The SMILES string of the molecule is CCCCCCc1ccc(C2=CC=C(c3ccc(CCCC)cc3)[N+]2=[N-])cc1.CC[N](C)[Ni][N](C)CC. The van der Waals surface area contributed by atoms with Crippen molar-refractivity contribution >= 4 is 11.4 Å². The minimum absolute atomic E-state index is 0.834. The number of unbranched alkanes of at least 4 members (excludes halogenated alkanes) is 4. The quantitative estimate of drug-likeness (QED) is 0.135. The van der Waals surface area contributed by atoms with Crippen LogP contribution in [-0.4, -0.2) is 39.8 Å². The van der Waals surface area contributed by atoms with Crippen LogP contribution < -0.4 is 0 Å². The first-order valence-corrected chi connectivity index (χ1v) is 14.9. The van der Waals surface area contributed by atoms with Crippen LogP contribution in [0, 0.1) is 0 Å². The summed E-state index contributed by atoms with van der Waals surface area (Å²) in [6.07, 6.45) is 13.8. The van der Waals surface area contributed by atoms with Gasteiger partial charge in [0, 0.05) is 23.3 Å². The third kappa shape index (κ3) is 10.7. The molecule has 1 heterocycles. The second-order valence-corrected chi connectivity index (χ2v) is 11.2. The molecule has 0 fully saturated rings. The molecule has 0 amide bonds. The Morgan fingerprint density at radius 2 is 1.05 bits per heavy atom. The van der Waals surface area contributed by atoms with E-state index in [9.17, 15) is 5.53 Å². The minimum atomic E-state index is 0.834. The molecule has 37 heavy (non-hydrogen) atoms. The molecule has 0 aliphatic carbocycles. The van der Waals surface area contributed by atoms with E-state index < -0.39 is 0 Å². The molecule has 5 heteroatoms. The number of hydrogen-bond acceptors (Lipinski definition) is 2. The molecule has 0 unspecified atom stereocenters. The van der Waals surface area contributed by atoms with Gasteiger partial charge in [-0.25, -0.2) is 4.70 Å². The third-order valence-electron chi connectivity index (χ3n) is 6.54. The predicted molar refractivity (Wildman–Crippen MR) is 156 cm³/mol. The summed E-state index contributed by atoms with van der Waals surface area (Å²) in [6.45, 7) is 11.0. The van der Waals surface area contributed by atoms with E-state index in [0.29, 0.717) is 0 Å². The van der Waals surface area contributed by atoms with Gasteiger partial charge in [0.1, 0.15) is 0 Å². The zero-order chi connectivity index (χ0) is 27.0. The number of hydrogen-bond donors (Lipinski definition) is 0. The third-order valence-corrected chi connectivity index (χ3v) is 7.84. The Labute approximate surface area is 233 Å². The van der Waals surface area contributed by atoms with Crippen molar-refractivity contribution in [2.24, 2.45) is 0 Å². The van der Waals surface area contributed by atoms with E-state index in [0.717, 1.165) is 48.5 Å². The molecule has 1 aliphatic heterocycles. The first-order chi connectivity index (χ1) is 17.9. The summed E-state index contributed by atoms with van der Waals surface area (Å²) in [5.41, 5.74) is 17.2. The van der Waals surface area contributed by atoms with Crippen molar-refractivity contribution in [3.05, 3.63) is 88.5 Å². The number of rotatable bonds is 14. The fourth-order valence-electron chi connectivity index (χ4n) is 3.96. The molecule has 0 atom stereocenters. The Morgan fingerprint density at radius 3 is 1.46 bits per heavy atom. The second kappa shape index (κ2) is 17.4. The number of aryl methyl sites for hydroxylation is 2. The number of benzene rings is 2. The number of nitrogens with zero attached hydrogens (tertiary/aromatic N) is 4. The van der Waals surface area contributed by atoms with Crippen molar-refractivity contribution in [3.63, 3.8) is 0 Å². The summed E-state index contributed by atoms with van der Waals surface area (Å²) in [5.74, 6) is 0. The van der Waals surface area contributed by atoms with Crippen LogP contribution in [0.2, 0.25) is 0 Å². The Bertz CT molecular complexity index is 984. The molecule has 0 N–H and O–H groups in total. The van der Waals surface area contributed by atoms with E-state index in [1.54, 1.807) is 14.9 Å². The van der Waals surface area contributed by atoms with Crippen molar-refractivity contribution in [2.45, 2.75) is 79.1 Å². The molecule has 0 saturated heterocycles. The summed E-state index contributed by atoms with van der Waals surface area (Å²) in [5, 5.41) is 0. The Kier molecular flexibility index (Phi) is 14.7. The van der Waals surface area contributed by atoms with E-state index in [-0.39, 0.29) is 0 Å². The Morgan fingerprint density at radius 1 is 0.622 bits per heavy atom. The average molecular weight is 547 g/mol. The fourth-order valence-corrected chi connectivity index (χ4v) is 4.82. The summed E-state index contributed by atoms with van der Waals surface area (Å²) in [6, 6.07) is 17.2. The van der Waals surface area contributed by atoms with Crippen molar-refractivity contribution in [1.29, 1.82) is 0 Å². The van der Waals surface area contributed by atoms with Crippen molar-refractivity contribution in [1.82, 2.24) is 7.96 Å². The standard InChI is InChI=1S/C26H32N2.2C3H8N.Ni/c1-3-5-7-8-10-22-13-17-24(18-14-22)26-20-19-25(28(26)27)23-15-11-21(12-16-23)9-6-4-2;2*1-3-4-2;/h11-20H,3-10H2,1-2H3;2*3H2,1-2H3;/q;2*-1;+2. The van der Waals surface area contributed by atoms with Gasteiger partial charge in [-0.1, -0.05) is 63.8 Å². The van der Waals surface area contributed by atoms with E-state index in [1.165, 1.54) is 54.3 Å².